The number of nitrogens with zero attached hydrogens (tertiary/aromatic N) is 4. The van der Waals surface area contributed by atoms with Crippen molar-refractivity contribution in [3.05, 3.63) is 96.6 Å². The molecule has 2 aromatic heterocycles. The molecule has 0 spiro atoms. The fourth-order valence-corrected chi connectivity index (χ4v) is 4.15. The van der Waals surface area contributed by atoms with Crippen LogP contribution in [0.15, 0.2) is 89.7 Å². The second-order valence-corrected chi connectivity index (χ2v) is 8.37. The Balaban J connectivity index is 1.33. The van der Waals surface area contributed by atoms with E-state index in [1.54, 1.807) is 41.2 Å². The highest BCUT2D eigenvalue weighted by molar-refractivity contribution is 5.94. The molecular weight excluding hydrogens is 456 g/mol. The van der Waals surface area contributed by atoms with Crippen LogP contribution < -0.4 is 4.74 Å². The van der Waals surface area contributed by atoms with Crippen molar-refractivity contribution < 1.29 is 18.7 Å². The van der Waals surface area contributed by atoms with Crippen LogP contribution in [0.3, 0.4) is 0 Å². The molecule has 2 amide bonds. The highest BCUT2D eigenvalue weighted by atomic mass is 16.5. The highest BCUT2D eigenvalue weighted by Gasteiger charge is 2.25. The zero-order valence-electron chi connectivity index (χ0n) is 19.9. The van der Waals surface area contributed by atoms with Crippen LogP contribution in [-0.4, -0.2) is 64.7 Å². The summed E-state index contributed by atoms with van der Waals surface area (Å²) in [6.45, 7) is 1.85. The number of ether oxygens (including phenoxy) is 1. The first-order chi connectivity index (χ1) is 17.6. The molecule has 1 aliphatic heterocycles. The van der Waals surface area contributed by atoms with Gasteiger partial charge in [-0.1, -0.05) is 18.2 Å². The smallest absolute Gasteiger partial charge is 0.289 e. The third kappa shape index (κ3) is 4.93. The highest BCUT2D eigenvalue weighted by Crippen LogP contribution is 2.27. The van der Waals surface area contributed by atoms with E-state index in [0.29, 0.717) is 31.9 Å². The molecule has 182 valence electrons. The molecule has 0 bridgehead atoms. The van der Waals surface area contributed by atoms with E-state index in [9.17, 15) is 9.59 Å². The summed E-state index contributed by atoms with van der Waals surface area (Å²) < 4.78 is 12.3. The SMILES string of the molecule is COc1ccc(-c2nn(-c3ccccc3)cc2/C=C/C(=O)N2CCN(C(=O)c3ccco3)CC2)cc1. The number of furan rings is 1. The average Bonchev–Trinajstić information content (AvgIpc) is 3.63. The van der Waals surface area contributed by atoms with Crippen molar-refractivity contribution in [3.8, 4) is 22.7 Å². The molecule has 3 heterocycles. The number of piperazine rings is 1. The molecule has 0 saturated carbocycles. The number of benzene rings is 2. The van der Waals surface area contributed by atoms with Gasteiger partial charge < -0.3 is 19.0 Å². The minimum Gasteiger partial charge on any atom is -0.497 e. The van der Waals surface area contributed by atoms with E-state index in [4.69, 9.17) is 14.3 Å². The predicted molar refractivity (Wildman–Crippen MR) is 136 cm³/mol. The molecular formula is C28H26N4O4. The van der Waals surface area contributed by atoms with E-state index in [0.717, 1.165) is 28.3 Å². The Morgan fingerprint density at radius 2 is 1.64 bits per heavy atom. The summed E-state index contributed by atoms with van der Waals surface area (Å²) >= 11 is 0. The van der Waals surface area contributed by atoms with E-state index < -0.39 is 0 Å². The molecule has 1 fully saturated rings. The summed E-state index contributed by atoms with van der Waals surface area (Å²) in [5.74, 6) is 0.822. The summed E-state index contributed by atoms with van der Waals surface area (Å²) in [6, 6.07) is 20.8. The predicted octanol–water partition coefficient (Wildman–Crippen LogP) is 4.14. The molecule has 1 aliphatic rings. The Kier molecular flexibility index (Phi) is 6.66. The number of methoxy groups -OCH3 is 1. The maximum atomic E-state index is 13.0. The summed E-state index contributed by atoms with van der Waals surface area (Å²) in [7, 11) is 1.63. The van der Waals surface area contributed by atoms with Gasteiger partial charge in [-0.3, -0.25) is 9.59 Å². The minimum absolute atomic E-state index is 0.103. The Labute approximate surface area is 209 Å². The first-order valence-corrected chi connectivity index (χ1v) is 11.7. The van der Waals surface area contributed by atoms with Crippen molar-refractivity contribution in [2.24, 2.45) is 0 Å². The molecule has 0 N–H and O–H groups in total. The van der Waals surface area contributed by atoms with Gasteiger partial charge in [-0.2, -0.15) is 5.10 Å². The number of rotatable bonds is 6. The van der Waals surface area contributed by atoms with Crippen LogP contribution in [0.2, 0.25) is 0 Å². The molecule has 0 unspecified atom stereocenters. The van der Waals surface area contributed by atoms with Gasteiger partial charge in [-0.05, 0) is 54.6 Å². The molecule has 0 aliphatic carbocycles. The maximum absolute atomic E-state index is 13.0. The average molecular weight is 483 g/mol. The topological polar surface area (TPSA) is 80.8 Å². The van der Waals surface area contributed by atoms with Crippen LogP contribution in [0.4, 0.5) is 0 Å². The van der Waals surface area contributed by atoms with Crippen molar-refractivity contribution >= 4 is 17.9 Å². The van der Waals surface area contributed by atoms with Gasteiger partial charge in [0.2, 0.25) is 5.91 Å². The lowest BCUT2D eigenvalue weighted by atomic mass is 10.1. The fourth-order valence-electron chi connectivity index (χ4n) is 4.15. The van der Waals surface area contributed by atoms with E-state index >= 15 is 0 Å². The minimum atomic E-state index is -0.153. The second kappa shape index (κ2) is 10.4. The molecule has 1 saturated heterocycles. The molecule has 0 radical (unpaired) electrons. The zero-order valence-corrected chi connectivity index (χ0v) is 19.9. The van der Waals surface area contributed by atoms with Gasteiger partial charge in [0.15, 0.2) is 5.76 Å². The number of hydrogen-bond donors (Lipinski definition) is 0. The number of para-hydroxylation sites is 1. The van der Waals surface area contributed by atoms with Crippen LogP contribution in [0.1, 0.15) is 16.1 Å². The summed E-state index contributed by atoms with van der Waals surface area (Å²) in [6.07, 6.45) is 6.77. The Morgan fingerprint density at radius 3 is 2.31 bits per heavy atom. The quantitative estimate of drug-likeness (QED) is 0.386. The summed E-state index contributed by atoms with van der Waals surface area (Å²) in [5.41, 5.74) is 3.43. The second-order valence-electron chi connectivity index (χ2n) is 8.37. The number of carbonyl (C=O) groups excluding carboxylic acids is 2. The Morgan fingerprint density at radius 1 is 0.917 bits per heavy atom. The van der Waals surface area contributed by atoms with Crippen LogP contribution >= 0.6 is 0 Å². The lowest BCUT2D eigenvalue weighted by molar-refractivity contribution is -0.127. The van der Waals surface area contributed by atoms with E-state index in [-0.39, 0.29) is 11.8 Å². The maximum Gasteiger partial charge on any atom is 0.289 e. The number of amides is 2. The Hall–Kier alpha value is -4.59. The number of hydrogen-bond acceptors (Lipinski definition) is 5. The fraction of sp³-hybridized carbons (Fsp3) is 0.179. The summed E-state index contributed by atoms with van der Waals surface area (Å²) in [4.78, 5) is 28.9. The normalized spacial score (nSPS) is 13.8. The molecule has 8 nitrogen and oxygen atoms in total. The van der Waals surface area contributed by atoms with Gasteiger partial charge in [0, 0.05) is 49.6 Å². The van der Waals surface area contributed by atoms with Gasteiger partial charge in [0.1, 0.15) is 5.75 Å². The largest absolute Gasteiger partial charge is 0.497 e. The zero-order chi connectivity index (χ0) is 24.9. The number of aromatic nitrogens is 2. The van der Waals surface area contributed by atoms with E-state index in [1.165, 1.54) is 6.26 Å². The monoisotopic (exact) mass is 482 g/mol. The first kappa shape index (κ1) is 23.2. The standard InChI is InChI=1S/C28H26N4O4/c1-35-24-12-9-21(10-13-24)27-22(20-32(29-27)23-6-3-2-4-7-23)11-14-26(33)30-15-17-31(18-16-30)28(34)25-8-5-19-36-25/h2-14,19-20H,15-18H2,1H3/b14-11+. The van der Waals surface area contributed by atoms with Crippen LogP contribution in [-0.2, 0) is 4.79 Å². The molecule has 4 aromatic rings. The van der Waals surface area contributed by atoms with Crippen LogP contribution in [0.5, 0.6) is 5.75 Å². The summed E-state index contributed by atoms with van der Waals surface area (Å²) in [5, 5.41) is 4.80. The van der Waals surface area contributed by atoms with Gasteiger partial charge in [-0.15, -0.1) is 0 Å². The molecule has 8 heteroatoms. The van der Waals surface area contributed by atoms with Crippen LogP contribution in [0, 0.1) is 0 Å². The van der Waals surface area contributed by atoms with Crippen molar-refractivity contribution in [3.63, 3.8) is 0 Å². The van der Waals surface area contributed by atoms with Crippen molar-refractivity contribution in [1.82, 2.24) is 19.6 Å². The van der Waals surface area contributed by atoms with Crippen LogP contribution in [0.25, 0.3) is 23.0 Å². The molecule has 2 aromatic carbocycles. The lowest BCUT2D eigenvalue weighted by Crippen LogP contribution is -2.50. The van der Waals surface area contributed by atoms with E-state index in [2.05, 4.69) is 0 Å². The Bertz CT molecular complexity index is 1350. The first-order valence-electron chi connectivity index (χ1n) is 11.7. The van der Waals surface area contributed by atoms with Crippen molar-refractivity contribution in [1.29, 1.82) is 0 Å². The van der Waals surface area contributed by atoms with Gasteiger partial charge in [0.25, 0.3) is 5.91 Å². The van der Waals surface area contributed by atoms with Gasteiger partial charge in [0.05, 0.1) is 24.8 Å². The molecule has 5 rings (SSSR count). The third-order valence-electron chi connectivity index (χ3n) is 6.14. The van der Waals surface area contributed by atoms with Gasteiger partial charge >= 0.3 is 0 Å². The third-order valence-corrected chi connectivity index (χ3v) is 6.14. The lowest BCUT2D eigenvalue weighted by Gasteiger charge is -2.33. The molecule has 36 heavy (non-hydrogen) atoms. The van der Waals surface area contributed by atoms with Crippen molar-refractivity contribution in [2.75, 3.05) is 33.3 Å². The molecule has 0 atom stereocenters. The van der Waals surface area contributed by atoms with Crippen molar-refractivity contribution in [2.45, 2.75) is 0 Å². The van der Waals surface area contributed by atoms with E-state index in [1.807, 2.05) is 65.5 Å². The number of carbonyl (C=O) groups is 2. The van der Waals surface area contributed by atoms with Gasteiger partial charge in [-0.25, -0.2) is 4.68 Å².